The average molecular weight is 322 g/mol. The number of aliphatic hydroxyl groups is 1. The highest BCUT2D eigenvalue weighted by atomic mass is 32.1. The molecule has 0 aliphatic rings. The van der Waals surface area contributed by atoms with E-state index in [9.17, 15) is 14.3 Å². The van der Waals surface area contributed by atoms with Gasteiger partial charge in [-0.1, -0.05) is 26.0 Å². The molecule has 118 valence electrons. The van der Waals surface area contributed by atoms with Crippen molar-refractivity contribution in [1.82, 2.24) is 10.3 Å². The van der Waals surface area contributed by atoms with E-state index < -0.39 is 6.10 Å². The molecular weight excluding hydrogens is 303 g/mol. The van der Waals surface area contributed by atoms with Crippen LogP contribution in [0.2, 0.25) is 0 Å². The molecule has 0 bridgehead atoms. The highest BCUT2D eigenvalue weighted by Crippen LogP contribution is 2.27. The molecule has 2 N–H and O–H groups in total. The normalized spacial score (nSPS) is 12.4. The summed E-state index contributed by atoms with van der Waals surface area (Å²) in [6.07, 6.45) is 1.49. The SMILES string of the molecule is CC(C)CC(O)CNC(=O)c1cnc(-c2ccccc2F)s1. The number of nitrogens with zero attached hydrogens (tertiary/aromatic N) is 1. The van der Waals surface area contributed by atoms with Crippen molar-refractivity contribution in [3.05, 3.63) is 41.2 Å². The Labute approximate surface area is 133 Å². The van der Waals surface area contributed by atoms with Gasteiger partial charge in [0.25, 0.3) is 5.91 Å². The number of nitrogens with one attached hydrogen (secondary N) is 1. The Bertz CT molecular complexity index is 643. The molecule has 2 aromatic rings. The summed E-state index contributed by atoms with van der Waals surface area (Å²) in [6, 6.07) is 6.32. The van der Waals surface area contributed by atoms with E-state index in [0.29, 0.717) is 27.8 Å². The zero-order valence-electron chi connectivity index (χ0n) is 12.5. The van der Waals surface area contributed by atoms with Gasteiger partial charge >= 0.3 is 0 Å². The smallest absolute Gasteiger partial charge is 0.263 e. The van der Waals surface area contributed by atoms with Crippen molar-refractivity contribution >= 4 is 17.2 Å². The van der Waals surface area contributed by atoms with Gasteiger partial charge in [-0.2, -0.15) is 0 Å². The second kappa shape index (κ2) is 7.47. The zero-order chi connectivity index (χ0) is 16.1. The van der Waals surface area contributed by atoms with Crippen LogP contribution in [0.5, 0.6) is 0 Å². The predicted octanol–water partition coefficient (Wildman–Crippen LogP) is 3.09. The van der Waals surface area contributed by atoms with Crippen molar-refractivity contribution in [3.8, 4) is 10.6 Å². The van der Waals surface area contributed by atoms with Gasteiger partial charge in [-0.3, -0.25) is 4.79 Å². The van der Waals surface area contributed by atoms with Crippen LogP contribution in [0.3, 0.4) is 0 Å². The molecule has 1 heterocycles. The quantitative estimate of drug-likeness (QED) is 0.859. The van der Waals surface area contributed by atoms with E-state index in [-0.39, 0.29) is 18.3 Å². The first kappa shape index (κ1) is 16.6. The molecule has 0 spiro atoms. The van der Waals surface area contributed by atoms with Gasteiger partial charge in [-0.15, -0.1) is 11.3 Å². The van der Waals surface area contributed by atoms with Crippen molar-refractivity contribution in [2.45, 2.75) is 26.4 Å². The number of hydrogen-bond acceptors (Lipinski definition) is 4. The first-order valence-corrected chi connectivity index (χ1v) is 7.96. The lowest BCUT2D eigenvalue weighted by molar-refractivity contribution is 0.0904. The number of halogens is 1. The first-order valence-electron chi connectivity index (χ1n) is 7.14. The number of hydrogen-bond donors (Lipinski definition) is 2. The molecular formula is C16H19FN2O2S. The summed E-state index contributed by atoms with van der Waals surface area (Å²) < 4.78 is 13.7. The first-order chi connectivity index (χ1) is 10.5. The van der Waals surface area contributed by atoms with Gasteiger partial charge in [0.1, 0.15) is 15.7 Å². The van der Waals surface area contributed by atoms with Crippen LogP contribution in [0.25, 0.3) is 10.6 Å². The van der Waals surface area contributed by atoms with E-state index in [2.05, 4.69) is 10.3 Å². The van der Waals surface area contributed by atoms with Gasteiger partial charge in [0, 0.05) is 12.1 Å². The third kappa shape index (κ3) is 4.35. The molecule has 4 nitrogen and oxygen atoms in total. The minimum absolute atomic E-state index is 0.198. The molecule has 0 fully saturated rings. The Balaban J connectivity index is 1.99. The monoisotopic (exact) mass is 322 g/mol. The highest BCUT2D eigenvalue weighted by Gasteiger charge is 2.15. The highest BCUT2D eigenvalue weighted by molar-refractivity contribution is 7.16. The van der Waals surface area contributed by atoms with Crippen molar-refractivity contribution in [3.63, 3.8) is 0 Å². The fourth-order valence-electron chi connectivity index (χ4n) is 2.06. The molecule has 1 amide bonds. The van der Waals surface area contributed by atoms with E-state index >= 15 is 0 Å². The minimum atomic E-state index is -0.567. The summed E-state index contributed by atoms with van der Waals surface area (Å²) in [4.78, 5) is 16.5. The van der Waals surface area contributed by atoms with Gasteiger partial charge < -0.3 is 10.4 Å². The molecule has 1 unspecified atom stereocenters. The third-order valence-electron chi connectivity index (χ3n) is 3.08. The molecule has 6 heteroatoms. The van der Waals surface area contributed by atoms with E-state index in [1.165, 1.54) is 12.3 Å². The zero-order valence-corrected chi connectivity index (χ0v) is 13.4. The Kier molecular flexibility index (Phi) is 5.63. The molecule has 1 aromatic heterocycles. The standard InChI is InChI=1S/C16H19FN2O2S/c1-10(2)7-11(20)8-18-15(21)14-9-19-16(22-14)12-5-3-4-6-13(12)17/h3-6,9-11,20H,7-8H2,1-2H3,(H,18,21). The summed E-state index contributed by atoms with van der Waals surface area (Å²) in [5, 5.41) is 12.9. The number of carbonyl (C=O) groups excluding carboxylic acids is 1. The van der Waals surface area contributed by atoms with Crippen LogP contribution in [0.1, 0.15) is 29.9 Å². The van der Waals surface area contributed by atoms with E-state index in [1.807, 2.05) is 13.8 Å². The lowest BCUT2D eigenvalue weighted by atomic mass is 10.1. The Morgan fingerprint density at radius 1 is 1.41 bits per heavy atom. The molecule has 0 saturated heterocycles. The van der Waals surface area contributed by atoms with Crippen LogP contribution in [0, 0.1) is 11.7 Å². The number of benzene rings is 1. The van der Waals surface area contributed by atoms with E-state index in [0.717, 1.165) is 11.3 Å². The van der Waals surface area contributed by atoms with Crippen LogP contribution in [-0.2, 0) is 0 Å². The Hall–Kier alpha value is -1.79. The van der Waals surface area contributed by atoms with Crippen LogP contribution in [0.15, 0.2) is 30.5 Å². The summed E-state index contributed by atoms with van der Waals surface area (Å²) in [7, 11) is 0. The molecule has 2 rings (SSSR count). The third-order valence-corrected chi connectivity index (χ3v) is 4.10. The minimum Gasteiger partial charge on any atom is -0.391 e. The van der Waals surface area contributed by atoms with Gasteiger partial charge in [-0.05, 0) is 24.5 Å². The van der Waals surface area contributed by atoms with E-state index in [1.54, 1.807) is 18.2 Å². The summed E-state index contributed by atoms with van der Waals surface area (Å²) >= 11 is 1.13. The van der Waals surface area contributed by atoms with Crippen LogP contribution in [0.4, 0.5) is 4.39 Å². The second-order valence-corrected chi connectivity index (χ2v) is 6.53. The van der Waals surface area contributed by atoms with E-state index in [4.69, 9.17) is 0 Å². The van der Waals surface area contributed by atoms with Crippen molar-refractivity contribution in [2.24, 2.45) is 5.92 Å². The Morgan fingerprint density at radius 2 is 2.14 bits per heavy atom. The lowest BCUT2D eigenvalue weighted by Gasteiger charge is -2.13. The molecule has 1 atom stereocenters. The van der Waals surface area contributed by atoms with Crippen molar-refractivity contribution < 1.29 is 14.3 Å². The van der Waals surface area contributed by atoms with Crippen LogP contribution < -0.4 is 5.32 Å². The Morgan fingerprint density at radius 3 is 2.82 bits per heavy atom. The van der Waals surface area contributed by atoms with Crippen molar-refractivity contribution in [2.75, 3.05) is 6.54 Å². The fourth-order valence-corrected chi connectivity index (χ4v) is 2.92. The maximum Gasteiger partial charge on any atom is 0.263 e. The largest absolute Gasteiger partial charge is 0.391 e. The van der Waals surface area contributed by atoms with Crippen LogP contribution >= 0.6 is 11.3 Å². The van der Waals surface area contributed by atoms with Gasteiger partial charge in [0.05, 0.1) is 12.3 Å². The summed E-state index contributed by atoms with van der Waals surface area (Å²) in [6.45, 7) is 4.22. The predicted molar refractivity (Wildman–Crippen MR) is 85.3 cm³/mol. The maximum atomic E-state index is 13.7. The molecule has 0 aliphatic heterocycles. The number of aliphatic hydroxyl groups excluding tert-OH is 1. The molecule has 0 radical (unpaired) electrons. The van der Waals surface area contributed by atoms with Gasteiger partial charge in [0.15, 0.2) is 0 Å². The number of aromatic nitrogens is 1. The molecule has 0 saturated carbocycles. The average Bonchev–Trinajstić information content (AvgIpc) is 2.94. The summed E-state index contributed by atoms with van der Waals surface area (Å²) in [5.74, 6) is -0.304. The topological polar surface area (TPSA) is 62.2 Å². The second-order valence-electron chi connectivity index (χ2n) is 5.50. The number of amides is 1. The lowest BCUT2D eigenvalue weighted by Crippen LogP contribution is -2.32. The van der Waals surface area contributed by atoms with Gasteiger partial charge in [0.2, 0.25) is 0 Å². The van der Waals surface area contributed by atoms with Gasteiger partial charge in [-0.25, -0.2) is 9.37 Å². The fraction of sp³-hybridized carbons (Fsp3) is 0.375. The van der Waals surface area contributed by atoms with Crippen LogP contribution in [-0.4, -0.2) is 28.6 Å². The number of thiazole rings is 1. The number of rotatable bonds is 6. The molecule has 22 heavy (non-hydrogen) atoms. The maximum absolute atomic E-state index is 13.7. The number of carbonyl (C=O) groups is 1. The van der Waals surface area contributed by atoms with Crippen molar-refractivity contribution in [1.29, 1.82) is 0 Å². The molecule has 1 aromatic carbocycles. The molecule has 0 aliphatic carbocycles. The summed E-state index contributed by atoms with van der Waals surface area (Å²) in [5.41, 5.74) is 0.381.